The number of nitrogens with zero attached hydrogens (tertiary/aromatic N) is 3. The van der Waals surface area contributed by atoms with Crippen molar-refractivity contribution < 1.29 is 9.47 Å². The fourth-order valence-electron chi connectivity index (χ4n) is 2.65. The number of morpholine rings is 1. The third-order valence-corrected chi connectivity index (χ3v) is 4.97. The quantitative estimate of drug-likeness (QED) is 0.704. The van der Waals surface area contributed by atoms with Gasteiger partial charge in [0.25, 0.3) is 0 Å². The van der Waals surface area contributed by atoms with Crippen molar-refractivity contribution >= 4 is 28.1 Å². The van der Waals surface area contributed by atoms with Crippen molar-refractivity contribution in [2.75, 3.05) is 39.5 Å². The van der Waals surface area contributed by atoms with Crippen molar-refractivity contribution in [1.82, 2.24) is 14.5 Å². The van der Waals surface area contributed by atoms with Gasteiger partial charge in [0.15, 0.2) is 0 Å². The summed E-state index contributed by atoms with van der Waals surface area (Å²) in [7, 11) is 0. The number of pyridine rings is 1. The number of aromatic nitrogens is 2. The molecule has 1 aliphatic heterocycles. The third kappa shape index (κ3) is 3.61. The van der Waals surface area contributed by atoms with Crippen LogP contribution in [0, 0.1) is 3.57 Å². The molecular formula is C16H22IN3O2. The van der Waals surface area contributed by atoms with Gasteiger partial charge < -0.3 is 9.47 Å². The van der Waals surface area contributed by atoms with Crippen molar-refractivity contribution in [2.45, 2.75) is 19.4 Å². The Bertz CT molecular complexity index is 635. The van der Waals surface area contributed by atoms with Gasteiger partial charge in [-0.1, -0.05) is 6.07 Å². The number of hydrogen-bond acceptors (Lipinski definition) is 4. The number of halogens is 1. The SMILES string of the molecule is CC(C)(OCCN1CCOCC1)c1ccc2c(I)cnn2c1. The standard InChI is InChI=1S/C16H22IN3O2/c1-16(2,22-10-7-19-5-8-21-9-6-19)13-3-4-15-14(17)11-18-20(15)12-13/h3-4,11-12H,5-10H2,1-2H3. The van der Waals surface area contributed by atoms with E-state index in [0.29, 0.717) is 0 Å². The molecule has 0 atom stereocenters. The van der Waals surface area contributed by atoms with Gasteiger partial charge in [-0.2, -0.15) is 5.10 Å². The Morgan fingerprint density at radius 1 is 1.32 bits per heavy atom. The van der Waals surface area contributed by atoms with Crippen molar-refractivity contribution in [2.24, 2.45) is 0 Å². The van der Waals surface area contributed by atoms with Gasteiger partial charge in [-0.05, 0) is 42.5 Å². The molecule has 1 saturated heterocycles. The lowest BCUT2D eigenvalue weighted by Crippen LogP contribution is -2.39. The Kier molecular flexibility index (Phi) is 5.01. The lowest BCUT2D eigenvalue weighted by molar-refractivity contribution is -0.0422. The molecule has 22 heavy (non-hydrogen) atoms. The maximum atomic E-state index is 6.15. The predicted molar refractivity (Wildman–Crippen MR) is 94.1 cm³/mol. The van der Waals surface area contributed by atoms with Crippen LogP contribution in [0.3, 0.4) is 0 Å². The molecule has 0 spiro atoms. The number of hydrogen-bond donors (Lipinski definition) is 0. The molecule has 0 aliphatic carbocycles. The van der Waals surface area contributed by atoms with E-state index in [1.807, 2.05) is 10.7 Å². The largest absolute Gasteiger partial charge is 0.379 e. The van der Waals surface area contributed by atoms with Crippen LogP contribution in [0.5, 0.6) is 0 Å². The minimum Gasteiger partial charge on any atom is -0.379 e. The summed E-state index contributed by atoms with van der Waals surface area (Å²) in [5.74, 6) is 0. The Morgan fingerprint density at radius 3 is 2.86 bits per heavy atom. The molecule has 2 aromatic rings. The first kappa shape index (κ1) is 16.2. The highest BCUT2D eigenvalue weighted by Crippen LogP contribution is 2.26. The Balaban J connectivity index is 1.62. The first-order chi connectivity index (χ1) is 10.6. The highest BCUT2D eigenvalue weighted by atomic mass is 127. The molecule has 1 aliphatic rings. The molecule has 0 N–H and O–H groups in total. The van der Waals surface area contributed by atoms with Gasteiger partial charge in [-0.25, -0.2) is 4.52 Å². The molecule has 0 amide bonds. The maximum absolute atomic E-state index is 6.15. The predicted octanol–water partition coefficient (Wildman–Crippen LogP) is 2.52. The van der Waals surface area contributed by atoms with E-state index in [1.54, 1.807) is 0 Å². The van der Waals surface area contributed by atoms with E-state index < -0.39 is 0 Å². The summed E-state index contributed by atoms with van der Waals surface area (Å²) in [6.45, 7) is 9.57. The van der Waals surface area contributed by atoms with Crippen LogP contribution in [-0.2, 0) is 15.1 Å². The first-order valence-electron chi connectivity index (χ1n) is 7.64. The van der Waals surface area contributed by atoms with Gasteiger partial charge >= 0.3 is 0 Å². The number of ether oxygens (including phenoxy) is 2. The Hall–Kier alpha value is -0.700. The summed E-state index contributed by atoms with van der Waals surface area (Å²) in [6.07, 6.45) is 3.94. The molecule has 0 radical (unpaired) electrons. The monoisotopic (exact) mass is 415 g/mol. The van der Waals surface area contributed by atoms with E-state index in [1.165, 1.54) is 0 Å². The van der Waals surface area contributed by atoms with E-state index >= 15 is 0 Å². The van der Waals surface area contributed by atoms with E-state index in [9.17, 15) is 0 Å². The molecule has 0 saturated carbocycles. The van der Waals surface area contributed by atoms with Crippen LogP contribution in [0.1, 0.15) is 19.4 Å². The summed E-state index contributed by atoms with van der Waals surface area (Å²) in [6, 6.07) is 4.24. The average molecular weight is 415 g/mol. The number of fused-ring (bicyclic) bond motifs is 1. The van der Waals surface area contributed by atoms with Crippen LogP contribution in [0.4, 0.5) is 0 Å². The topological polar surface area (TPSA) is 39.0 Å². The smallest absolute Gasteiger partial charge is 0.0890 e. The van der Waals surface area contributed by atoms with Gasteiger partial charge in [0.05, 0.1) is 40.7 Å². The van der Waals surface area contributed by atoms with Crippen molar-refractivity contribution in [3.63, 3.8) is 0 Å². The molecule has 2 aromatic heterocycles. The first-order valence-corrected chi connectivity index (χ1v) is 8.71. The summed E-state index contributed by atoms with van der Waals surface area (Å²) in [5, 5.41) is 4.38. The van der Waals surface area contributed by atoms with Crippen molar-refractivity contribution in [3.05, 3.63) is 33.7 Å². The van der Waals surface area contributed by atoms with Crippen LogP contribution in [0.15, 0.2) is 24.5 Å². The summed E-state index contributed by atoms with van der Waals surface area (Å²) in [5.41, 5.74) is 1.95. The maximum Gasteiger partial charge on any atom is 0.0890 e. The van der Waals surface area contributed by atoms with E-state index in [4.69, 9.17) is 9.47 Å². The molecule has 6 heteroatoms. The van der Waals surface area contributed by atoms with E-state index in [2.05, 4.69) is 64.8 Å². The fourth-order valence-corrected chi connectivity index (χ4v) is 3.20. The van der Waals surface area contributed by atoms with Crippen LogP contribution in [-0.4, -0.2) is 54.0 Å². The lowest BCUT2D eigenvalue weighted by Gasteiger charge is -2.30. The van der Waals surface area contributed by atoms with Crippen LogP contribution in [0.25, 0.3) is 5.52 Å². The molecule has 3 heterocycles. The van der Waals surface area contributed by atoms with Crippen LogP contribution < -0.4 is 0 Å². The van der Waals surface area contributed by atoms with Gasteiger partial charge in [0, 0.05) is 31.4 Å². The van der Waals surface area contributed by atoms with Crippen molar-refractivity contribution in [3.8, 4) is 0 Å². The molecular weight excluding hydrogens is 393 g/mol. The lowest BCUT2D eigenvalue weighted by atomic mass is 10.00. The van der Waals surface area contributed by atoms with Gasteiger partial charge in [0.1, 0.15) is 0 Å². The van der Waals surface area contributed by atoms with E-state index in [0.717, 1.165) is 54.1 Å². The highest BCUT2D eigenvalue weighted by molar-refractivity contribution is 14.1. The minimum atomic E-state index is -0.322. The Morgan fingerprint density at radius 2 is 2.09 bits per heavy atom. The van der Waals surface area contributed by atoms with Crippen LogP contribution >= 0.6 is 22.6 Å². The zero-order valence-corrected chi connectivity index (χ0v) is 15.2. The summed E-state index contributed by atoms with van der Waals surface area (Å²) in [4.78, 5) is 2.39. The molecule has 0 unspecified atom stereocenters. The van der Waals surface area contributed by atoms with Gasteiger partial charge in [0.2, 0.25) is 0 Å². The zero-order valence-electron chi connectivity index (χ0n) is 13.1. The van der Waals surface area contributed by atoms with Gasteiger partial charge in [-0.15, -0.1) is 0 Å². The third-order valence-electron chi connectivity index (χ3n) is 4.14. The van der Waals surface area contributed by atoms with Gasteiger partial charge in [-0.3, -0.25) is 4.90 Å². The van der Waals surface area contributed by atoms with Crippen LogP contribution in [0.2, 0.25) is 0 Å². The second-order valence-corrected chi connectivity index (χ2v) is 7.22. The second-order valence-electron chi connectivity index (χ2n) is 6.05. The molecule has 0 aromatic carbocycles. The molecule has 0 bridgehead atoms. The summed E-state index contributed by atoms with van der Waals surface area (Å²) >= 11 is 2.30. The molecule has 1 fully saturated rings. The number of rotatable bonds is 5. The zero-order chi connectivity index (χ0) is 15.6. The molecule has 3 rings (SSSR count). The van der Waals surface area contributed by atoms with Crippen molar-refractivity contribution in [1.29, 1.82) is 0 Å². The normalized spacial score (nSPS) is 17.2. The fraction of sp³-hybridized carbons (Fsp3) is 0.562. The highest BCUT2D eigenvalue weighted by Gasteiger charge is 2.23. The van der Waals surface area contributed by atoms with E-state index in [-0.39, 0.29) is 5.60 Å². The minimum absolute atomic E-state index is 0.322. The second kappa shape index (κ2) is 6.82. The Labute approximate surface area is 144 Å². The summed E-state index contributed by atoms with van der Waals surface area (Å²) < 4.78 is 14.6. The molecule has 120 valence electrons. The average Bonchev–Trinajstić information content (AvgIpc) is 2.89. The molecule has 5 nitrogen and oxygen atoms in total.